The molecule has 1 aromatic rings. The number of likely N-dealkylation sites (N-methyl/N-ethyl adjacent to an activating group) is 2. The number of rotatable bonds is 3. The van der Waals surface area contributed by atoms with Gasteiger partial charge in [-0.15, -0.1) is 0 Å². The second-order valence-electron chi connectivity index (χ2n) is 4.96. The number of nitrogens with one attached hydrogen (secondary N) is 1. The van der Waals surface area contributed by atoms with Crippen LogP contribution in [0.1, 0.15) is 10.4 Å². The van der Waals surface area contributed by atoms with Crippen molar-refractivity contribution in [3.63, 3.8) is 0 Å². The molecule has 6 heteroatoms. The molecule has 2 rings (SSSR count). The van der Waals surface area contributed by atoms with E-state index in [1.165, 1.54) is 6.20 Å². The minimum Gasteiger partial charge on any atom is -0.350 e. The lowest BCUT2D eigenvalue weighted by Crippen LogP contribution is -2.54. The third-order valence-electron chi connectivity index (χ3n) is 3.50. The minimum atomic E-state index is -0.144. The summed E-state index contributed by atoms with van der Waals surface area (Å²) in [5, 5.41) is 3.32. The van der Waals surface area contributed by atoms with E-state index in [1.54, 1.807) is 12.3 Å². The maximum atomic E-state index is 12.0. The fraction of sp³-hybridized carbons (Fsp3) is 0.538. The maximum Gasteiger partial charge on any atom is 0.252 e. The van der Waals surface area contributed by atoms with Gasteiger partial charge in [-0.3, -0.25) is 14.7 Å². The normalized spacial score (nSPS) is 21.3. The Morgan fingerprint density at radius 1 is 1.53 bits per heavy atom. The fourth-order valence-electron chi connectivity index (χ4n) is 2.19. The lowest BCUT2D eigenvalue weighted by atomic mass is 10.1. The average molecular weight is 283 g/mol. The Bertz CT molecular complexity index is 454. The molecule has 1 N–H and O–H groups in total. The summed E-state index contributed by atoms with van der Waals surface area (Å²) in [4.78, 5) is 20.5. The van der Waals surface area contributed by atoms with Crippen LogP contribution in [0.15, 0.2) is 18.5 Å². The number of amides is 1. The number of hydrogen-bond donors (Lipinski definition) is 1. The largest absolute Gasteiger partial charge is 0.350 e. The van der Waals surface area contributed by atoms with Crippen molar-refractivity contribution in [2.24, 2.45) is 0 Å². The summed E-state index contributed by atoms with van der Waals surface area (Å²) in [5.74, 6) is -0.144. The summed E-state index contributed by atoms with van der Waals surface area (Å²) in [6.07, 6.45) is 3.05. The van der Waals surface area contributed by atoms with Gasteiger partial charge in [-0.25, -0.2) is 0 Å². The molecule has 1 aromatic heterocycles. The first-order valence-electron chi connectivity index (χ1n) is 6.34. The molecule has 1 aliphatic heterocycles. The van der Waals surface area contributed by atoms with Gasteiger partial charge in [0.2, 0.25) is 0 Å². The number of pyridine rings is 1. The van der Waals surface area contributed by atoms with Gasteiger partial charge in [0.25, 0.3) is 5.91 Å². The van der Waals surface area contributed by atoms with Crippen LogP contribution in [0.25, 0.3) is 0 Å². The number of hydrogen-bond acceptors (Lipinski definition) is 4. The van der Waals surface area contributed by atoms with Crippen molar-refractivity contribution in [3.05, 3.63) is 29.0 Å². The molecule has 19 heavy (non-hydrogen) atoms. The van der Waals surface area contributed by atoms with E-state index in [0.717, 1.165) is 19.6 Å². The standard InChI is InChI=1S/C13H19ClN4O/c1-17-5-6-18(2)10(9-17)7-16-13(19)11-3-4-15-8-12(11)14/h3-4,8,10H,5-7,9H2,1-2H3,(H,16,19). The summed E-state index contributed by atoms with van der Waals surface area (Å²) < 4.78 is 0. The molecular weight excluding hydrogens is 264 g/mol. The lowest BCUT2D eigenvalue weighted by molar-refractivity contribution is 0.0881. The monoisotopic (exact) mass is 282 g/mol. The molecule has 0 radical (unpaired) electrons. The van der Waals surface area contributed by atoms with Crippen LogP contribution in [0.4, 0.5) is 0 Å². The molecule has 1 amide bonds. The van der Waals surface area contributed by atoms with E-state index in [4.69, 9.17) is 11.6 Å². The van der Waals surface area contributed by atoms with Gasteiger partial charge in [0.1, 0.15) is 0 Å². The molecule has 5 nitrogen and oxygen atoms in total. The van der Waals surface area contributed by atoms with E-state index in [1.807, 2.05) is 0 Å². The minimum absolute atomic E-state index is 0.144. The topological polar surface area (TPSA) is 48.5 Å². The van der Waals surface area contributed by atoms with Crippen LogP contribution in [0.5, 0.6) is 0 Å². The SMILES string of the molecule is CN1CCN(C)C(CNC(=O)c2ccncc2Cl)C1. The van der Waals surface area contributed by atoms with Gasteiger partial charge < -0.3 is 10.2 Å². The van der Waals surface area contributed by atoms with Crippen molar-refractivity contribution in [2.75, 3.05) is 40.3 Å². The zero-order valence-electron chi connectivity index (χ0n) is 11.3. The van der Waals surface area contributed by atoms with Crippen LogP contribution < -0.4 is 5.32 Å². The first kappa shape index (κ1) is 14.2. The first-order chi connectivity index (χ1) is 9.08. The zero-order chi connectivity index (χ0) is 13.8. The van der Waals surface area contributed by atoms with Crippen molar-refractivity contribution in [1.29, 1.82) is 0 Å². The Labute approximate surface area is 118 Å². The Morgan fingerprint density at radius 3 is 3.05 bits per heavy atom. The molecule has 1 fully saturated rings. The molecule has 0 aromatic carbocycles. The van der Waals surface area contributed by atoms with E-state index in [9.17, 15) is 4.79 Å². The van der Waals surface area contributed by atoms with Gasteiger partial charge >= 0.3 is 0 Å². The van der Waals surface area contributed by atoms with Gasteiger partial charge in [-0.1, -0.05) is 11.6 Å². The Kier molecular flexibility index (Phi) is 4.74. The highest BCUT2D eigenvalue weighted by Crippen LogP contribution is 2.13. The summed E-state index contributed by atoms with van der Waals surface area (Å²) in [5.41, 5.74) is 0.475. The van der Waals surface area contributed by atoms with Gasteiger partial charge in [0.05, 0.1) is 10.6 Å². The van der Waals surface area contributed by atoms with Crippen LogP contribution in [0, 0.1) is 0 Å². The van der Waals surface area contributed by atoms with E-state index >= 15 is 0 Å². The van der Waals surface area contributed by atoms with E-state index in [0.29, 0.717) is 23.2 Å². The molecule has 1 saturated heterocycles. The number of carbonyl (C=O) groups is 1. The zero-order valence-corrected chi connectivity index (χ0v) is 12.0. The van der Waals surface area contributed by atoms with Crippen LogP contribution in [-0.2, 0) is 0 Å². The lowest BCUT2D eigenvalue weighted by Gasteiger charge is -2.37. The van der Waals surface area contributed by atoms with Crippen molar-refractivity contribution < 1.29 is 4.79 Å². The van der Waals surface area contributed by atoms with Crippen LogP contribution in [-0.4, -0.2) is 67.0 Å². The summed E-state index contributed by atoms with van der Waals surface area (Å²) in [6.45, 7) is 3.67. The highest BCUT2D eigenvalue weighted by molar-refractivity contribution is 6.33. The molecule has 0 saturated carbocycles. The Balaban J connectivity index is 1.91. The van der Waals surface area contributed by atoms with Crippen molar-refractivity contribution >= 4 is 17.5 Å². The van der Waals surface area contributed by atoms with E-state index in [-0.39, 0.29) is 5.91 Å². The van der Waals surface area contributed by atoms with Crippen LogP contribution >= 0.6 is 11.6 Å². The second kappa shape index (κ2) is 6.32. The molecule has 0 bridgehead atoms. The van der Waals surface area contributed by atoms with Crippen LogP contribution in [0.2, 0.25) is 5.02 Å². The molecule has 1 aliphatic rings. The molecule has 2 heterocycles. The predicted molar refractivity (Wildman–Crippen MR) is 75.5 cm³/mol. The van der Waals surface area contributed by atoms with Gasteiger partial charge in [0.15, 0.2) is 0 Å². The third kappa shape index (κ3) is 3.65. The number of piperazine rings is 1. The highest BCUT2D eigenvalue weighted by Gasteiger charge is 2.22. The van der Waals surface area contributed by atoms with Crippen molar-refractivity contribution in [3.8, 4) is 0 Å². The van der Waals surface area contributed by atoms with Crippen LogP contribution in [0.3, 0.4) is 0 Å². The number of nitrogens with zero attached hydrogens (tertiary/aromatic N) is 3. The number of halogens is 1. The van der Waals surface area contributed by atoms with Crippen molar-refractivity contribution in [1.82, 2.24) is 20.1 Å². The van der Waals surface area contributed by atoms with Gasteiger partial charge in [0, 0.05) is 44.6 Å². The van der Waals surface area contributed by atoms with E-state index in [2.05, 4.69) is 34.2 Å². The molecule has 104 valence electrons. The smallest absolute Gasteiger partial charge is 0.252 e. The molecule has 1 atom stereocenters. The average Bonchev–Trinajstić information content (AvgIpc) is 2.40. The number of carbonyl (C=O) groups excluding carboxylic acids is 1. The summed E-state index contributed by atoms with van der Waals surface area (Å²) >= 11 is 5.95. The highest BCUT2D eigenvalue weighted by atomic mass is 35.5. The molecule has 1 unspecified atom stereocenters. The molecule has 0 aliphatic carbocycles. The fourth-order valence-corrected chi connectivity index (χ4v) is 2.39. The quantitative estimate of drug-likeness (QED) is 0.887. The van der Waals surface area contributed by atoms with Gasteiger partial charge in [-0.2, -0.15) is 0 Å². The summed E-state index contributed by atoms with van der Waals surface area (Å²) in [7, 11) is 4.19. The van der Waals surface area contributed by atoms with Gasteiger partial charge in [-0.05, 0) is 20.2 Å². The second-order valence-corrected chi connectivity index (χ2v) is 5.37. The predicted octanol–water partition coefficient (Wildman–Crippen LogP) is 0.711. The molecular formula is C13H19ClN4O. The summed E-state index contributed by atoms with van der Waals surface area (Å²) in [6, 6.07) is 1.97. The first-order valence-corrected chi connectivity index (χ1v) is 6.72. The molecule has 0 spiro atoms. The number of aromatic nitrogens is 1. The van der Waals surface area contributed by atoms with E-state index < -0.39 is 0 Å². The Morgan fingerprint density at radius 2 is 2.32 bits per heavy atom. The Hall–Kier alpha value is -1.17. The van der Waals surface area contributed by atoms with Crippen molar-refractivity contribution in [2.45, 2.75) is 6.04 Å². The third-order valence-corrected chi connectivity index (χ3v) is 3.80. The maximum absolute atomic E-state index is 12.0.